The largest absolute Gasteiger partial charge is 0.508 e. The minimum absolute atomic E-state index is 0.325. The molecule has 0 atom stereocenters. The van der Waals surface area contributed by atoms with Crippen molar-refractivity contribution in [3.8, 4) is 16.9 Å². The van der Waals surface area contributed by atoms with Gasteiger partial charge in [-0.15, -0.1) is 0 Å². The average Bonchev–Trinajstić information content (AvgIpc) is 2.29. The number of aromatic hydroxyl groups is 1. The van der Waals surface area contributed by atoms with Gasteiger partial charge in [-0.05, 0) is 30.2 Å². The van der Waals surface area contributed by atoms with Crippen LogP contribution >= 0.6 is 0 Å². The van der Waals surface area contributed by atoms with Gasteiger partial charge in [0.2, 0.25) is 0 Å². The molecule has 0 fully saturated rings. The number of fused-ring (bicyclic) bond motifs is 3. The number of aryl methyl sites for hydroxylation is 1. The average molecular weight is 225 g/mol. The molecule has 3 rings (SSSR count). The second-order valence-electron chi connectivity index (χ2n) is 4.72. The molecule has 0 aromatic heterocycles. The fourth-order valence-corrected chi connectivity index (χ4v) is 2.52. The number of phenolic OH excluding ortho intramolecular Hbond substituents is 1. The lowest BCUT2D eigenvalue weighted by Crippen LogP contribution is -2.21. The lowest BCUT2D eigenvalue weighted by Gasteiger charge is -2.30. The van der Waals surface area contributed by atoms with Crippen molar-refractivity contribution in [3.05, 3.63) is 47.5 Å². The first-order chi connectivity index (χ1) is 8.15. The first-order valence-corrected chi connectivity index (χ1v) is 5.79. The van der Waals surface area contributed by atoms with Gasteiger partial charge < -0.3 is 10.0 Å². The predicted octanol–water partition coefficient (Wildman–Crippen LogP) is 3.32. The summed E-state index contributed by atoms with van der Waals surface area (Å²) in [7, 11) is 2.06. The molecular weight excluding hydrogens is 210 g/mol. The molecule has 17 heavy (non-hydrogen) atoms. The molecule has 0 spiro atoms. The van der Waals surface area contributed by atoms with Crippen LogP contribution in [0.1, 0.15) is 11.1 Å². The Balaban J connectivity index is 2.26. The van der Waals surface area contributed by atoms with Gasteiger partial charge in [-0.1, -0.05) is 23.8 Å². The Morgan fingerprint density at radius 3 is 2.65 bits per heavy atom. The van der Waals surface area contributed by atoms with Crippen molar-refractivity contribution >= 4 is 5.69 Å². The highest BCUT2D eigenvalue weighted by atomic mass is 16.3. The van der Waals surface area contributed by atoms with E-state index in [1.165, 1.54) is 22.3 Å². The van der Waals surface area contributed by atoms with Gasteiger partial charge in [0.25, 0.3) is 0 Å². The zero-order valence-electron chi connectivity index (χ0n) is 10.1. The van der Waals surface area contributed by atoms with Crippen molar-refractivity contribution in [1.29, 1.82) is 0 Å². The van der Waals surface area contributed by atoms with Crippen molar-refractivity contribution in [3.63, 3.8) is 0 Å². The maximum Gasteiger partial charge on any atom is 0.117 e. The lowest BCUT2D eigenvalue weighted by molar-refractivity contribution is 0.475. The summed E-state index contributed by atoms with van der Waals surface area (Å²) in [5.41, 5.74) is 6.22. The van der Waals surface area contributed by atoms with Crippen molar-refractivity contribution < 1.29 is 5.11 Å². The second kappa shape index (κ2) is 3.52. The van der Waals surface area contributed by atoms with E-state index in [0.717, 1.165) is 12.2 Å². The Bertz CT molecular complexity index is 589. The SMILES string of the molecule is Cc1ccc2c(c1)CN(C)c1cc(O)ccc1-2. The third-order valence-electron chi connectivity index (χ3n) is 3.35. The van der Waals surface area contributed by atoms with Crippen LogP contribution < -0.4 is 4.90 Å². The summed E-state index contributed by atoms with van der Waals surface area (Å²) in [5.74, 6) is 0.325. The van der Waals surface area contributed by atoms with Gasteiger partial charge in [0.15, 0.2) is 0 Å². The minimum atomic E-state index is 0.325. The molecule has 0 unspecified atom stereocenters. The molecule has 1 N–H and O–H groups in total. The van der Waals surface area contributed by atoms with Crippen LogP contribution in [0.2, 0.25) is 0 Å². The summed E-state index contributed by atoms with van der Waals surface area (Å²) < 4.78 is 0. The third-order valence-corrected chi connectivity index (χ3v) is 3.35. The number of nitrogens with zero attached hydrogens (tertiary/aromatic N) is 1. The van der Waals surface area contributed by atoms with Crippen LogP contribution in [-0.4, -0.2) is 12.2 Å². The van der Waals surface area contributed by atoms with Gasteiger partial charge in [-0.25, -0.2) is 0 Å². The lowest BCUT2D eigenvalue weighted by atomic mass is 9.92. The molecule has 0 amide bonds. The summed E-state index contributed by atoms with van der Waals surface area (Å²) in [6.07, 6.45) is 0. The van der Waals surface area contributed by atoms with E-state index in [0.29, 0.717) is 5.75 Å². The first-order valence-electron chi connectivity index (χ1n) is 5.79. The van der Waals surface area contributed by atoms with Crippen molar-refractivity contribution in [2.75, 3.05) is 11.9 Å². The smallest absolute Gasteiger partial charge is 0.117 e. The van der Waals surface area contributed by atoms with Crippen LogP contribution in [0.4, 0.5) is 5.69 Å². The van der Waals surface area contributed by atoms with Gasteiger partial charge in [-0.3, -0.25) is 0 Å². The van der Waals surface area contributed by atoms with Crippen LogP contribution in [0.5, 0.6) is 5.75 Å². The monoisotopic (exact) mass is 225 g/mol. The minimum Gasteiger partial charge on any atom is -0.508 e. The summed E-state index contributed by atoms with van der Waals surface area (Å²) in [6.45, 7) is 3.01. The molecule has 1 heterocycles. The molecular formula is C15H15NO. The Morgan fingerprint density at radius 1 is 1.06 bits per heavy atom. The maximum atomic E-state index is 9.57. The van der Waals surface area contributed by atoms with E-state index in [2.05, 4.69) is 37.1 Å². The van der Waals surface area contributed by atoms with Gasteiger partial charge in [0.1, 0.15) is 5.75 Å². The highest BCUT2D eigenvalue weighted by molar-refractivity contribution is 5.84. The molecule has 2 nitrogen and oxygen atoms in total. The van der Waals surface area contributed by atoms with Crippen LogP contribution in [0.3, 0.4) is 0 Å². The van der Waals surface area contributed by atoms with Crippen LogP contribution in [-0.2, 0) is 6.54 Å². The second-order valence-corrected chi connectivity index (χ2v) is 4.72. The molecule has 0 saturated carbocycles. The molecule has 2 aromatic carbocycles. The molecule has 2 heteroatoms. The summed E-state index contributed by atoms with van der Waals surface area (Å²) in [6, 6.07) is 12.1. The molecule has 0 radical (unpaired) electrons. The van der Waals surface area contributed by atoms with Gasteiger partial charge in [0, 0.05) is 30.9 Å². The highest BCUT2D eigenvalue weighted by Crippen LogP contribution is 2.40. The van der Waals surface area contributed by atoms with E-state index in [4.69, 9.17) is 0 Å². The van der Waals surface area contributed by atoms with Crippen molar-refractivity contribution in [2.45, 2.75) is 13.5 Å². The van der Waals surface area contributed by atoms with E-state index < -0.39 is 0 Å². The Hall–Kier alpha value is -1.96. The zero-order chi connectivity index (χ0) is 12.0. The first kappa shape index (κ1) is 10.2. The van der Waals surface area contributed by atoms with E-state index in [1.807, 2.05) is 12.1 Å². The number of benzene rings is 2. The summed E-state index contributed by atoms with van der Waals surface area (Å²) in [5, 5.41) is 9.57. The van der Waals surface area contributed by atoms with Crippen LogP contribution in [0.25, 0.3) is 11.1 Å². The molecule has 2 aromatic rings. The van der Waals surface area contributed by atoms with E-state index >= 15 is 0 Å². The molecule has 1 aliphatic heterocycles. The summed E-state index contributed by atoms with van der Waals surface area (Å²) >= 11 is 0. The highest BCUT2D eigenvalue weighted by Gasteiger charge is 2.19. The van der Waals surface area contributed by atoms with Crippen molar-refractivity contribution in [1.82, 2.24) is 0 Å². The number of anilines is 1. The number of phenols is 1. The van der Waals surface area contributed by atoms with E-state index in [9.17, 15) is 5.11 Å². The molecule has 1 aliphatic rings. The molecule has 0 aliphatic carbocycles. The van der Waals surface area contributed by atoms with E-state index in [-0.39, 0.29) is 0 Å². The van der Waals surface area contributed by atoms with Gasteiger partial charge >= 0.3 is 0 Å². The van der Waals surface area contributed by atoms with Gasteiger partial charge in [-0.2, -0.15) is 0 Å². The van der Waals surface area contributed by atoms with E-state index in [1.54, 1.807) is 6.07 Å². The molecule has 86 valence electrons. The predicted molar refractivity (Wildman–Crippen MR) is 70.4 cm³/mol. The maximum absolute atomic E-state index is 9.57. The quantitative estimate of drug-likeness (QED) is 0.743. The number of hydrogen-bond donors (Lipinski definition) is 1. The van der Waals surface area contributed by atoms with Crippen LogP contribution in [0, 0.1) is 6.92 Å². The Labute approximate surface area is 101 Å². The standard InChI is InChI=1S/C15H15NO/c1-10-3-5-13-11(7-10)9-16(2)15-8-12(17)4-6-14(13)15/h3-8,17H,9H2,1-2H3. The Morgan fingerprint density at radius 2 is 1.82 bits per heavy atom. The molecule has 0 saturated heterocycles. The normalized spacial score (nSPS) is 13.2. The summed E-state index contributed by atoms with van der Waals surface area (Å²) in [4.78, 5) is 2.18. The fraction of sp³-hybridized carbons (Fsp3) is 0.200. The zero-order valence-corrected chi connectivity index (χ0v) is 10.1. The fourth-order valence-electron chi connectivity index (χ4n) is 2.52. The van der Waals surface area contributed by atoms with Crippen molar-refractivity contribution in [2.24, 2.45) is 0 Å². The topological polar surface area (TPSA) is 23.5 Å². The van der Waals surface area contributed by atoms with Crippen LogP contribution in [0.15, 0.2) is 36.4 Å². The van der Waals surface area contributed by atoms with Gasteiger partial charge in [0.05, 0.1) is 0 Å². The third kappa shape index (κ3) is 1.57. The molecule has 0 bridgehead atoms. The Kier molecular flexibility index (Phi) is 2.11. The number of rotatable bonds is 0. The number of hydrogen-bond acceptors (Lipinski definition) is 2.